The predicted octanol–water partition coefficient (Wildman–Crippen LogP) is 3.65. The zero-order valence-corrected chi connectivity index (χ0v) is 21.8. The highest BCUT2D eigenvalue weighted by Gasteiger charge is 2.37. The summed E-state index contributed by atoms with van der Waals surface area (Å²) in [5, 5.41) is 3.85. The molecule has 0 fully saturated rings. The van der Waals surface area contributed by atoms with Crippen LogP contribution in [-0.4, -0.2) is 44.1 Å². The van der Waals surface area contributed by atoms with Crippen LogP contribution in [0.5, 0.6) is 0 Å². The van der Waals surface area contributed by atoms with Gasteiger partial charge in [-0.1, -0.05) is 48.5 Å². The van der Waals surface area contributed by atoms with Crippen molar-refractivity contribution in [1.29, 1.82) is 0 Å². The average molecular weight is 519 g/mol. The standard InChI is InChI=1S/C27H30N6O3S/c1-27(2,3)31-25(35)22(18-15-30-19-12-8-7-11-17(18)19)33(14-13-16-9-5-4-6-10-16)26(36)23-20(28)21(24(29)34)32-37-23/h4-12,15,22,30H,13-14,28H2,1-3H3,(H2,29,34)(H,31,35)/t22-/m1/s1. The number of carbonyl (C=O) groups is 3. The van der Waals surface area contributed by atoms with E-state index in [1.165, 1.54) is 4.90 Å². The molecule has 192 valence electrons. The number of fused-ring (bicyclic) bond motifs is 1. The second-order valence-corrected chi connectivity index (χ2v) is 10.6. The predicted molar refractivity (Wildman–Crippen MR) is 145 cm³/mol. The fourth-order valence-corrected chi connectivity index (χ4v) is 4.97. The maximum absolute atomic E-state index is 14.0. The number of hydrogen-bond donors (Lipinski definition) is 4. The number of aromatic amines is 1. The topological polar surface area (TPSA) is 147 Å². The van der Waals surface area contributed by atoms with E-state index in [0.717, 1.165) is 28.0 Å². The molecule has 0 bridgehead atoms. The maximum atomic E-state index is 14.0. The van der Waals surface area contributed by atoms with Gasteiger partial charge in [-0.2, -0.15) is 4.37 Å². The Bertz CT molecular complexity index is 1440. The molecule has 2 aromatic heterocycles. The van der Waals surface area contributed by atoms with Crippen molar-refractivity contribution in [2.24, 2.45) is 5.73 Å². The molecule has 4 rings (SSSR count). The highest BCUT2D eigenvalue weighted by Crippen LogP contribution is 2.33. The van der Waals surface area contributed by atoms with Gasteiger partial charge < -0.3 is 26.7 Å². The second-order valence-electron chi connectivity index (χ2n) is 9.80. The van der Waals surface area contributed by atoms with Crippen LogP contribution in [-0.2, 0) is 11.2 Å². The Labute approximate surface area is 219 Å². The number of para-hydroxylation sites is 1. The molecular formula is C27H30N6O3S. The number of rotatable bonds is 8. The Morgan fingerprint density at radius 1 is 1.08 bits per heavy atom. The van der Waals surface area contributed by atoms with Gasteiger partial charge in [0.05, 0.1) is 5.69 Å². The van der Waals surface area contributed by atoms with Crippen LogP contribution in [0.4, 0.5) is 5.69 Å². The van der Waals surface area contributed by atoms with Gasteiger partial charge in [0.1, 0.15) is 10.9 Å². The van der Waals surface area contributed by atoms with Gasteiger partial charge in [0.2, 0.25) is 5.91 Å². The molecule has 10 heteroatoms. The second kappa shape index (κ2) is 10.4. The Kier molecular flexibility index (Phi) is 7.30. The minimum Gasteiger partial charge on any atom is -0.395 e. The van der Waals surface area contributed by atoms with Crippen molar-refractivity contribution in [1.82, 2.24) is 19.6 Å². The number of aromatic nitrogens is 2. The van der Waals surface area contributed by atoms with Crippen LogP contribution in [0.2, 0.25) is 0 Å². The average Bonchev–Trinajstić information content (AvgIpc) is 3.44. The number of H-pyrrole nitrogens is 1. The third kappa shape index (κ3) is 5.64. The van der Waals surface area contributed by atoms with Crippen LogP contribution in [0.3, 0.4) is 0 Å². The first-order valence-corrected chi connectivity index (χ1v) is 12.6. The molecule has 4 aromatic rings. The first-order valence-electron chi connectivity index (χ1n) is 11.8. The van der Waals surface area contributed by atoms with E-state index in [0.29, 0.717) is 12.0 Å². The molecule has 3 amide bonds. The largest absolute Gasteiger partial charge is 0.395 e. The van der Waals surface area contributed by atoms with E-state index < -0.39 is 23.4 Å². The molecule has 0 radical (unpaired) electrons. The Morgan fingerprint density at radius 3 is 2.41 bits per heavy atom. The van der Waals surface area contributed by atoms with E-state index in [4.69, 9.17) is 11.5 Å². The van der Waals surface area contributed by atoms with E-state index in [2.05, 4.69) is 14.7 Å². The monoisotopic (exact) mass is 518 g/mol. The Morgan fingerprint density at radius 2 is 1.76 bits per heavy atom. The number of amides is 3. The first kappa shape index (κ1) is 25.9. The molecule has 2 aromatic carbocycles. The number of hydrogen-bond acceptors (Lipinski definition) is 6. The molecule has 0 saturated heterocycles. The summed E-state index contributed by atoms with van der Waals surface area (Å²) in [6.07, 6.45) is 2.25. The molecule has 0 aliphatic carbocycles. The molecule has 6 N–H and O–H groups in total. The summed E-state index contributed by atoms with van der Waals surface area (Å²) >= 11 is 0.799. The van der Waals surface area contributed by atoms with Crippen molar-refractivity contribution >= 4 is 45.8 Å². The normalized spacial score (nSPS) is 12.3. The number of nitrogen functional groups attached to an aromatic ring is 1. The van der Waals surface area contributed by atoms with Crippen LogP contribution in [0.25, 0.3) is 10.9 Å². The number of nitrogens with zero attached hydrogens (tertiary/aromatic N) is 2. The fraction of sp³-hybridized carbons (Fsp3) is 0.259. The van der Waals surface area contributed by atoms with Crippen molar-refractivity contribution in [3.05, 3.63) is 82.5 Å². The quantitative estimate of drug-likeness (QED) is 0.281. The van der Waals surface area contributed by atoms with Crippen molar-refractivity contribution in [2.75, 3.05) is 12.3 Å². The maximum Gasteiger partial charge on any atom is 0.270 e. The van der Waals surface area contributed by atoms with E-state index in [-0.39, 0.29) is 28.7 Å². The van der Waals surface area contributed by atoms with Crippen LogP contribution in [0.15, 0.2) is 60.8 Å². The van der Waals surface area contributed by atoms with Crippen molar-refractivity contribution in [3.8, 4) is 0 Å². The SMILES string of the molecule is CC(C)(C)NC(=O)[C@@H](c1c[nH]c2ccccc12)N(CCc1ccccc1)C(=O)c1snc(C(N)=O)c1N. The smallest absolute Gasteiger partial charge is 0.270 e. The van der Waals surface area contributed by atoms with Gasteiger partial charge in [-0.05, 0) is 50.4 Å². The lowest BCUT2D eigenvalue weighted by molar-refractivity contribution is -0.127. The molecule has 9 nitrogen and oxygen atoms in total. The summed E-state index contributed by atoms with van der Waals surface area (Å²) in [4.78, 5) is 44.4. The number of carbonyl (C=O) groups excluding carboxylic acids is 3. The van der Waals surface area contributed by atoms with Gasteiger partial charge in [0, 0.05) is 34.7 Å². The van der Waals surface area contributed by atoms with Crippen LogP contribution in [0, 0.1) is 0 Å². The van der Waals surface area contributed by atoms with E-state index in [1.807, 2.05) is 75.4 Å². The zero-order chi connectivity index (χ0) is 26.7. The van der Waals surface area contributed by atoms with Crippen LogP contribution in [0.1, 0.15) is 58.1 Å². The molecular weight excluding hydrogens is 488 g/mol. The lowest BCUT2D eigenvalue weighted by Gasteiger charge is -2.33. The molecule has 0 unspecified atom stereocenters. The van der Waals surface area contributed by atoms with Gasteiger partial charge >= 0.3 is 0 Å². The van der Waals surface area contributed by atoms with Crippen molar-refractivity contribution in [3.63, 3.8) is 0 Å². The van der Waals surface area contributed by atoms with Crippen molar-refractivity contribution < 1.29 is 14.4 Å². The highest BCUT2D eigenvalue weighted by atomic mass is 32.1. The summed E-state index contributed by atoms with van der Waals surface area (Å²) in [5.41, 5.74) is 13.2. The van der Waals surface area contributed by atoms with E-state index in [1.54, 1.807) is 6.20 Å². The molecule has 0 aliphatic rings. The number of benzene rings is 2. The van der Waals surface area contributed by atoms with Gasteiger partial charge in [0.25, 0.3) is 11.8 Å². The minimum atomic E-state index is -0.981. The number of nitrogens with two attached hydrogens (primary N) is 2. The fourth-order valence-electron chi connectivity index (χ4n) is 4.21. The Hall–Kier alpha value is -4.18. The number of anilines is 1. The van der Waals surface area contributed by atoms with Gasteiger partial charge in [-0.15, -0.1) is 0 Å². The first-order chi connectivity index (χ1) is 17.6. The third-order valence-electron chi connectivity index (χ3n) is 5.87. The molecule has 0 aliphatic heterocycles. The van der Waals surface area contributed by atoms with Crippen LogP contribution < -0.4 is 16.8 Å². The lowest BCUT2D eigenvalue weighted by Crippen LogP contribution is -2.49. The van der Waals surface area contributed by atoms with Gasteiger partial charge in [-0.3, -0.25) is 14.4 Å². The highest BCUT2D eigenvalue weighted by molar-refractivity contribution is 7.09. The third-order valence-corrected chi connectivity index (χ3v) is 6.73. The summed E-state index contributed by atoms with van der Waals surface area (Å²) in [6.45, 7) is 5.86. The number of primary amides is 1. The van der Waals surface area contributed by atoms with E-state index in [9.17, 15) is 14.4 Å². The minimum absolute atomic E-state index is 0.0651. The zero-order valence-electron chi connectivity index (χ0n) is 20.9. The molecule has 0 spiro atoms. The molecule has 0 saturated carbocycles. The molecule has 1 atom stereocenters. The van der Waals surface area contributed by atoms with Gasteiger partial charge in [-0.25, -0.2) is 0 Å². The van der Waals surface area contributed by atoms with Gasteiger partial charge in [0.15, 0.2) is 5.69 Å². The summed E-state index contributed by atoms with van der Waals surface area (Å²) in [7, 11) is 0. The van der Waals surface area contributed by atoms with E-state index >= 15 is 0 Å². The van der Waals surface area contributed by atoms with Crippen LogP contribution >= 0.6 is 11.5 Å². The molecule has 37 heavy (non-hydrogen) atoms. The summed E-state index contributed by atoms with van der Waals surface area (Å²) in [5.74, 6) is -1.66. The Balaban J connectivity index is 1.84. The van der Waals surface area contributed by atoms with Crippen molar-refractivity contribution in [2.45, 2.75) is 38.8 Å². The summed E-state index contributed by atoms with van der Waals surface area (Å²) in [6, 6.07) is 16.3. The summed E-state index contributed by atoms with van der Waals surface area (Å²) < 4.78 is 4.00. The number of nitrogens with one attached hydrogen (secondary N) is 2. The molecule has 2 heterocycles. The lowest BCUT2D eigenvalue weighted by atomic mass is 10.00.